The lowest BCUT2D eigenvalue weighted by atomic mass is 9.88. The summed E-state index contributed by atoms with van der Waals surface area (Å²) in [6.45, 7) is 0. The molecule has 702 valence electrons. The zero-order chi connectivity index (χ0) is 107. The molecule has 3 heterocycles. The van der Waals surface area contributed by atoms with E-state index in [0.29, 0.717) is 32.7 Å². The van der Waals surface area contributed by atoms with Crippen molar-refractivity contribution in [2.75, 3.05) is 14.7 Å². The van der Waals surface area contributed by atoms with E-state index in [9.17, 15) is 13.2 Å². The van der Waals surface area contributed by atoms with E-state index in [1.54, 1.807) is 30.3 Å². The molecule has 0 bridgehead atoms. The van der Waals surface area contributed by atoms with Crippen LogP contribution in [0.5, 0.6) is 0 Å². The van der Waals surface area contributed by atoms with Crippen molar-refractivity contribution in [2.45, 2.75) is 0 Å². The number of fused-ring (bicyclic) bond motifs is 12. The van der Waals surface area contributed by atoms with Gasteiger partial charge in [-0.15, -0.1) is 0 Å². The van der Waals surface area contributed by atoms with Gasteiger partial charge in [-0.2, -0.15) is 0 Å². The normalized spacial score (nSPS) is 12.6. The average Bonchev–Trinajstić information content (AvgIpc) is 1.52. The first kappa shape index (κ1) is 78.1. The van der Waals surface area contributed by atoms with E-state index in [-0.39, 0.29) is 54.0 Å². The van der Waals surface area contributed by atoms with Gasteiger partial charge in [0.15, 0.2) is 23.3 Å². The summed E-state index contributed by atoms with van der Waals surface area (Å²) in [7, 11) is 0. The number of nitrogens with zero attached hydrogens (tertiary/aromatic N) is 6. The Kier molecular flexibility index (Phi) is 18.6. The van der Waals surface area contributed by atoms with E-state index >= 15 is 8.78 Å². The van der Waals surface area contributed by atoms with E-state index in [1.807, 2.05) is 143 Å². The Labute approximate surface area is 865 Å². The summed E-state index contributed by atoms with van der Waals surface area (Å²) in [5.41, 5.74) is 19.8. The maximum atomic E-state index is 15.4. The third kappa shape index (κ3) is 14.2. The van der Waals surface area contributed by atoms with Crippen LogP contribution in [0.2, 0.25) is 0 Å². The van der Waals surface area contributed by atoms with Crippen molar-refractivity contribution < 1.29 is 34.3 Å². The summed E-state index contributed by atoms with van der Waals surface area (Å²) < 4.78 is 157. The summed E-state index contributed by atoms with van der Waals surface area (Å²) in [5.74, 6) is -9.95. The molecule has 30 aromatic rings. The van der Waals surface area contributed by atoms with Gasteiger partial charge in [0.1, 0.15) is 5.69 Å². The van der Waals surface area contributed by atoms with E-state index < -0.39 is 40.8 Å². The third-order valence-electron chi connectivity index (χ3n) is 29.5. The minimum Gasteiger partial charge on any atom is -0.311 e. The highest BCUT2D eigenvalue weighted by Crippen LogP contribution is 2.53. The lowest BCUT2D eigenvalue weighted by Crippen LogP contribution is -2.09. The highest BCUT2D eigenvalue weighted by Gasteiger charge is 2.32. The van der Waals surface area contributed by atoms with Crippen LogP contribution in [0.4, 0.5) is 73.1 Å². The molecule has 0 atom stereocenters. The lowest BCUT2D eigenvalue weighted by Gasteiger charge is -2.25. The molecule has 0 aliphatic carbocycles. The summed E-state index contributed by atoms with van der Waals surface area (Å²) in [6.07, 6.45) is 0. The van der Waals surface area contributed by atoms with Crippen LogP contribution >= 0.6 is 0 Å². The standard InChI is InChI=1S/C46H25F5N2.2C46H30N2/c47-41-42(48)44(50)46(45(51)43(41)49)53-36-14-8-7-13-34(36)40-35-24-18-27-17-22-32(33-23-19-28(25-37(40)53)39(35)38(27)33)26-15-20-31(21-16-26)52(29-9-3-1-4-10-29)30-11-5-2-6-12-30;2*1-4-12-34(13-5-1)47(35-14-6-2-7-15-35)37-25-20-31(21-26-37)38-27-22-32-23-29-41-45-33(24-28-39(38)44(32)45)30-43-46(41)40-18-10-11-19-42(40)48(43)36-16-8-3-9-17-36/h1-25H;2*1-30H/i;3D,8D,9D,16D,17D;10D,11D,18D,19D. The number of halogens is 5. The molecule has 6 nitrogen and oxygen atoms in total. The molecule has 0 aliphatic heterocycles. The first-order valence-electron chi connectivity index (χ1n) is 53.9. The van der Waals surface area contributed by atoms with Crippen molar-refractivity contribution in [2.24, 2.45) is 0 Å². The molecular weight excluding hydrogens is 1840 g/mol. The van der Waals surface area contributed by atoms with Gasteiger partial charge in [-0.1, -0.05) is 346 Å². The van der Waals surface area contributed by atoms with Crippen LogP contribution in [0.1, 0.15) is 12.3 Å². The van der Waals surface area contributed by atoms with E-state index in [2.05, 4.69) is 312 Å². The molecule has 0 radical (unpaired) electrons. The predicted molar refractivity (Wildman–Crippen MR) is 614 cm³/mol. The van der Waals surface area contributed by atoms with Gasteiger partial charge >= 0.3 is 0 Å². The molecule has 0 unspecified atom stereocenters. The molecule has 0 spiro atoms. The van der Waals surface area contributed by atoms with Gasteiger partial charge in [0, 0.05) is 94.9 Å². The third-order valence-corrected chi connectivity index (χ3v) is 29.5. The fourth-order valence-corrected chi connectivity index (χ4v) is 23.1. The number of hydrogen-bond acceptors (Lipinski definition) is 3. The zero-order valence-electron chi connectivity index (χ0n) is 88.5. The Hall–Kier alpha value is -19.5. The summed E-state index contributed by atoms with van der Waals surface area (Å²) in [5, 5.41) is 23.5. The number of hydrogen-bond donors (Lipinski definition) is 0. The van der Waals surface area contributed by atoms with Crippen LogP contribution in [-0.4, -0.2) is 13.7 Å². The Morgan fingerprint density at radius 3 is 0.792 bits per heavy atom. The maximum Gasteiger partial charge on any atom is 0.200 e. The van der Waals surface area contributed by atoms with Crippen molar-refractivity contribution in [3.05, 3.63) is 545 Å². The summed E-state index contributed by atoms with van der Waals surface area (Å²) in [6, 6.07) is 155. The van der Waals surface area contributed by atoms with Gasteiger partial charge in [0.25, 0.3) is 0 Å². The van der Waals surface area contributed by atoms with Gasteiger partial charge in [0.05, 0.1) is 45.4 Å². The van der Waals surface area contributed by atoms with Crippen molar-refractivity contribution in [3.8, 4) is 50.4 Å². The second kappa shape index (κ2) is 35.5. The Balaban J connectivity index is 0.000000112. The largest absolute Gasteiger partial charge is 0.311 e. The van der Waals surface area contributed by atoms with Gasteiger partial charge in [0.2, 0.25) is 5.82 Å². The Bertz CT molecular complexity index is 10500. The smallest absolute Gasteiger partial charge is 0.200 e. The number of anilines is 9. The topological polar surface area (TPSA) is 24.5 Å². The second-order valence-electron chi connectivity index (χ2n) is 37.6. The maximum absolute atomic E-state index is 15.4. The predicted octanol–water partition coefficient (Wildman–Crippen LogP) is 39.1. The number of rotatable bonds is 15. The zero-order valence-corrected chi connectivity index (χ0v) is 79.5. The van der Waals surface area contributed by atoms with Crippen molar-refractivity contribution in [1.29, 1.82) is 0 Å². The quantitative estimate of drug-likeness (QED) is 0.0443. The molecule has 3 aromatic heterocycles. The molecule has 0 fully saturated rings. The van der Waals surface area contributed by atoms with Gasteiger partial charge in [-0.3, -0.25) is 0 Å². The van der Waals surface area contributed by atoms with Crippen molar-refractivity contribution in [1.82, 2.24) is 13.7 Å². The highest BCUT2D eigenvalue weighted by atomic mass is 19.2. The average molecular weight is 1930 g/mol. The Morgan fingerprint density at radius 1 is 0.168 bits per heavy atom. The number of aromatic nitrogens is 3. The van der Waals surface area contributed by atoms with Gasteiger partial charge < -0.3 is 28.4 Å². The van der Waals surface area contributed by atoms with E-state index in [1.165, 1.54) is 5.39 Å². The minimum absolute atomic E-state index is 0.0217. The van der Waals surface area contributed by atoms with Crippen LogP contribution in [0.25, 0.3) is 213 Å². The molecule has 30 rings (SSSR count). The first-order valence-corrected chi connectivity index (χ1v) is 49.4. The molecule has 0 amide bonds. The van der Waals surface area contributed by atoms with Crippen molar-refractivity contribution >= 4 is 214 Å². The van der Waals surface area contributed by atoms with Crippen LogP contribution in [-0.2, 0) is 0 Å². The molecule has 0 saturated heterocycles. The second-order valence-corrected chi connectivity index (χ2v) is 37.6. The molecular formula is C138H85F5N6. The van der Waals surface area contributed by atoms with Crippen LogP contribution < -0.4 is 14.7 Å². The van der Waals surface area contributed by atoms with Crippen LogP contribution in [0.15, 0.2) is 515 Å². The van der Waals surface area contributed by atoms with Crippen LogP contribution in [0.3, 0.4) is 0 Å². The number of benzene rings is 27. The van der Waals surface area contributed by atoms with Gasteiger partial charge in [-0.25, -0.2) is 22.0 Å². The lowest BCUT2D eigenvalue weighted by molar-refractivity contribution is 0.376. The molecule has 0 aliphatic rings. The molecule has 149 heavy (non-hydrogen) atoms. The SMILES string of the molecule is Fc1c(F)c(F)c(-n2c3ccccc3c3c4ccc5ccc(-c6ccc(N(c7ccccc7)c7ccccc7)cc6)c6ccc(cc32)c4c56)c(F)c1F.[2H]c1c([2H])c([2H])c(-n2c3ccccc3c3c4ccc5ccc(-c6ccc(N(c7ccccc7)c7ccccc7)cc6)c6ccc(cc32)c4c56)c([2H])c1[2H].[2H]c1c([2H])c([2H])c2c(c1[2H])c1c3ccc4ccc(-c5ccc(N(c6ccccc6)c6ccccc6)cc5)c5ccc(cc1n2-c1ccccc1)c3c45. The molecule has 11 heteroatoms. The van der Waals surface area contributed by atoms with Gasteiger partial charge in [-0.05, 0) is 300 Å². The number of para-hydroxylation sites is 11. The van der Waals surface area contributed by atoms with E-state index in [4.69, 9.17) is 12.3 Å². The minimum atomic E-state index is -2.19. The van der Waals surface area contributed by atoms with E-state index in [0.717, 1.165) is 219 Å². The monoisotopic (exact) mass is 1930 g/mol. The first-order chi connectivity index (χ1) is 77.3. The van der Waals surface area contributed by atoms with Crippen LogP contribution in [0, 0.1) is 29.1 Å². The summed E-state index contributed by atoms with van der Waals surface area (Å²) in [4.78, 5) is 6.74. The Morgan fingerprint density at radius 2 is 0.430 bits per heavy atom. The van der Waals surface area contributed by atoms with Crippen molar-refractivity contribution in [3.63, 3.8) is 0 Å². The summed E-state index contributed by atoms with van der Waals surface area (Å²) >= 11 is 0. The molecule has 27 aromatic carbocycles. The highest BCUT2D eigenvalue weighted by molar-refractivity contribution is 6.38. The fraction of sp³-hybridized carbons (Fsp3) is 0. The fourth-order valence-electron chi connectivity index (χ4n) is 23.1. The molecule has 0 N–H and O–H groups in total. The molecule has 0 saturated carbocycles.